The van der Waals surface area contributed by atoms with Crippen LogP contribution in [0.5, 0.6) is 0 Å². The van der Waals surface area contributed by atoms with Gasteiger partial charge in [0.15, 0.2) is 0 Å². The van der Waals surface area contributed by atoms with Gasteiger partial charge in [0.1, 0.15) is 6.10 Å². The summed E-state index contributed by atoms with van der Waals surface area (Å²) in [5, 5.41) is 8.45. The molecule has 2 aliphatic rings. The van der Waals surface area contributed by atoms with Crippen LogP contribution in [0.3, 0.4) is 0 Å². The van der Waals surface area contributed by atoms with Crippen molar-refractivity contribution in [1.82, 2.24) is 0 Å². The molecular formula is C13H12N2O. The van der Waals surface area contributed by atoms with Gasteiger partial charge in [-0.15, -0.1) is 5.11 Å². The number of benzene rings is 1. The van der Waals surface area contributed by atoms with Crippen LogP contribution in [0.25, 0.3) is 0 Å². The van der Waals surface area contributed by atoms with Crippen molar-refractivity contribution in [2.24, 2.45) is 10.2 Å². The third-order valence-electron chi connectivity index (χ3n) is 2.75. The number of nitrogens with zero attached hydrogens (tertiary/aromatic N) is 2. The second-order valence-corrected chi connectivity index (χ2v) is 4.07. The maximum absolute atomic E-state index is 5.48. The normalized spacial score (nSPS) is 30.7. The van der Waals surface area contributed by atoms with Gasteiger partial charge in [0.2, 0.25) is 5.72 Å². The number of allylic oxidation sites excluding steroid dienone is 2. The van der Waals surface area contributed by atoms with Gasteiger partial charge in [-0.2, -0.15) is 5.11 Å². The second-order valence-electron chi connectivity index (χ2n) is 4.07. The van der Waals surface area contributed by atoms with Crippen LogP contribution in [0, 0.1) is 6.92 Å². The van der Waals surface area contributed by atoms with Gasteiger partial charge in [-0.3, -0.25) is 0 Å². The van der Waals surface area contributed by atoms with Crippen molar-refractivity contribution in [3.63, 3.8) is 0 Å². The van der Waals surface area contributed by atoms with Gasteiger partial charge in [0, 0.05) is 0 Å². The standard InChI is InChI=1S/C13H12N2O/c1-10-5-7-11(8-6-10)14-15-13-9-3-2-4-12(13)16-13/h2-9,12H,1H3. The molecule has 3 nitrogen and oxygen atoms in total. The van der Waals surface area contributed by atoms with Gasteiger partial charge in [-0.05, 0) is 25.1 Å². The van der Waals surface area contributed by atoms with Crippen LogP contribution in [0.2, 0.25) is 0 Å². The van der Waals surface area contributed by atoms with Gasteiger partial charge in [-0.25, -0.2) is 0 Å². The Morgan fingerprint density at radius 3 is 2.75 bits per heavy atom. The molecule has 1 aliphatic carbocycles. The Bertz CT molecular complexity index is 487. The third-order valence-corrected chi connectivity index (χ3v) is 2.75. The largest absolute Gasteiger partial charge is 0.333 e. The Morgan fingerprint density at radius 2 is 2.00 bits per heavy atom. The fourth-order valence-corrected chi connectivity index (χ4v) is 1.70. The van der Waals surface area contributed by atoms with Gasteiger partial charge >= 0.3 is 0 Å². The Kier molecular flexibility index (Phi) is 2.01. The van der Waals surface area contributed by atoms with E-state index in [1.165, 1.54) is 5.56 Å². The van der Waals surface area contributed by atoms with Crippen molar-refractivity contribution in [3.05, 3.63) is 54.1 Å². The SMILES string of the molecule is Cc1ccc(N=NC23C=CC=CC2O3)cc1. The van der Waals surface area contributed by atoms with E-state index < -0.39 is 5.72 Å². The number of fused-ring (bicyclic) bond motifs is 1. The van der Waals surface area contributed by atoms with E-state index in [1.807, 2.05) is 55.5 Å². The number of hydrogen-bond acceptors (Lipinski definition) is 3. The average molecular weight is 212 g/mol. The Morgan fingerprint density at radius 1 is 1.19 bits per heavy atom. The predicted octanol–water partition coefficient (Wildman–Crippen LogP) is 3.30. The van der Waals surface area contributed by atoms with Crippen LogP contribution in [-0.2, 0) is 4.74 Å². The molecule has 3 heteroatoms. The maximum Gasteiger partial charge on any atom is 0.229 e. The highest BCUT2D eigenvalue weighted by Crippen LogP contribution is 2.43. The van der Waals surface area contributed by atoms with E-state index in [2.05, 4.69) is 10.2 Å². The van der Waals surface area contributed by atoms with Gasteiger partial charge in [0.25, 0.3) is 0 Å². The fraction of sp³-hybridized carbons (Fsp3) is 0.231. The first kappa shape index (κ1) is 9.48. The molecule has 1 fully saturated rings. The lowest BCUT2D eigenvalue weighted by Gasteiger charge is -2.00. The summed E-state index contributed by atoms with van der Waals surface area (Å²) in [6.07, 6.45) is 7.92. The molecule has 0 N–H and O–H groups in total. The third kappa shape index (κ3) is 1.59. The molecule has 2 atom stereocenters. The van der Waals surface area contributed by atoms with Gasteiger partial charge in [0.05, 0.1) is 5.69 Å². The van der Waals surface area contributed by atoms with E-state index >= 15 is 0 Å². The van der Waals surface area contributed by atoms with Crippen LogP contribution in [0.15, 0.2) is 58.8 Å². The van der Waals surface area contributed by atoms with Crippen LogP contribution in [0.1, 0.15) is 5.56 Å². The summed E-state index contributed by atoms with van der Waals surface area (Å²) in [6, 6.07) is 7.95. The minimum Gasteiger partial charge on any atom is -0.333 e. The Labute approximate surface area is 94.2 Å². The smallest absolute Gasteiger partial charge is 0.229 e. The first-order valence-corrected chi connectivity index (χ1v) is 5.32. The molecule has 16 heavy (non-hydrogen) atoms. The molecule has 0 radical (unpaired) electrons. The molecule has 0 aromatic heterocycles. The molecule has 1 aromatic carbocycles. The number of epoxide rings is 1. The number of rotatable bonds is 2. The molecule has 1 saturated heterocycles. The zero-order valence-corrected chi connectivity index (χ0v) is 9.00. The monoisotopic (exact) mass is 212 g/mol. The number of hydrogen-bond donors (Lipinski definition) is 0. The first-order valence-electron chi connectivity index (χ1n) is 5.32. The minimum absolute atomic E-state index is 0.0756. The summed E-state index contributed by atoms with van der Waals surface area (Å²) >= 11 is 0. The lowest BCUT2D eigenvalue weighted by Crippen LogP contribution is -2.07. The van der Waals surface area contributed by atoms with Crippen LogP contribution in [-0.4, -0.2) is 11.8 Å². The molecule has 2 unspecified atom stereocenters. The zero-order chi connectivity index (χ0) is 11.0. The molecule has 3 rings (SSSR count). The number of aryl methyl sites for hydroxylation is 1. The first-order chi connectivity index (χ1) is 7.78. The van der Waals surface area contributed by atoms with Crippen LogP contribution >= 0.6 is 0 Å². The van der Waals surface area contributed by atoms with Crippen molar-refractivity contribution in [2.45, 2.75) is 18.8 Å². The lowest BCUT2D eigenvalue weighted by molar-refractivity contribution is 0.341. The topological polar surface area (TPSA) is 37.2 Å². The van der Waals surface area contributed by atoms with E-state index in [1.54, 1.807) is 0 Å². The highest BCUT2D eigenvalue weighted by Gasteiger charge is 2.55. The lowest BCUT2D eigenvalue weighted by atomic mass is 10.1. The van der Waals surface area contributed by atoms with Crippen molar-refractivity contribution >= 4 is 5.69 Å². The molecule has 0 bridgehead atoms. The molecule has 0 amide bonds. The molecule has 80 valence electrons. The van der Waals surface area contributed by atoms with Gasteiger partial charge < -0.3 is 4.74 Å². The highest BCUT2D eigenvalue weighted by molar-refractivity contribution is 5.38. The second kappa shape index (κ2) is 3.39. The molecule has 0 saturated carbocycles. The van der Waals surface area contributed by atoms with E-state index in [0.717, 1.165) is 5.69 Å². The summed E-state index contributed by atoms with van der Waals surface area (Å²) in [6.45, 7) is 2.05. The van der Waals surface area contributed by atoms with E-state index in [-0.39, 0.29) is 6.10 Å². The fourth-order valence-electron chi connectivity index (χ4n) is 1.70. The van der Waals surface area contributed by atoms with Crippen LogP contribution in [0.4, 0.5) is 5.69 Å². The Hall–Kier alpha value is -1.74. The molecule has 1 aliphatic heterocycles. The summed E-state index contributed by atoms with van der Waals surface area (Å²) < 4.78 is 5.48. The predicted molar refractivity (Wildman–Crippen MR) is 61.6 cm³/mol. The van der Waals surface area contributed by atoms with Crippen molar-refractivity contribution in [2.75, 3.05) is 0 Å². The summed E-state index contributed by atoms with van der Waals surface area (Å²) in [4.78, 5) is 0. The zero-order valence-electron chi connectivity index (χ0n) is 9.00. The summed E-state index contributed by atoms with van der Waals surface area (Å²) in [5.74, 6) is 0. The molecule has 1 aromatic rings. The number of azo groups is 1. The quantitative estimate of drug-likeness (QED) is 0.547. The Balaban J connectivity index is 1.78. The molecule has 0 spiro atoms. The minimum atomic E-state index is -0.514. The summed E-state index contributed by atoms with van der Waals surface area (Å²) in [7, 11) is 0. The molecular weight excluding hydrogens is 200 g/mol. The summed E-state index contributed by atoms with van der Waals surface area (Å²) in [5.41, 5.74) is 1.56. The van der Waals surface area contributed by atoms with Gasteiger partial charge in [-0.1, -0.05) is 35.9 Å². The van der Waals surface area contributed by atoms with Crippen molar-refractivity contribution in [1.29, 1.82) is 0 Å². The average Bonchev–Trinajstić information content (AvgIpc) is 3.03. The van der Waals surface area contributed by atoms with E-state index in [4.69, 9.17) is 4.74 Å². The van der Waals surface area contributed by atoms with E-state index in [9.17, 15) is 0 Å². The maximum atomic E-state index is 5.48. The van der Waals surface area contributed by atoms with Crippen molar-refractivity contribution in [3.8, 4) is 0 Å². The van der Waals surface area contributed by atoms with E-state index in [0.29, 0.717) is 0 Å². The highest BCUT2D eigenvalue weighted by atomic mass is 16.6. The van der Waals surface area contributed by atoms with Crippen LogP contribution < -0.4 is 0 Å². The van der Waals surface area contributed by atoms with Crippen molar-refractivity contribution < 1.29 is 4.74 Å². The number of ether oxygens (including phenoxy) is 1. The molecule has 1 heterocycles.